The number of hydrogen-bond donors (Lipinski definition) is 2. The fourth-order valence-corrected chi connectivity index (χ4v) is 1.33. The van der Waals surface area contributed by atoms with Gasteiger partial charge in [0.2, 0.25) is 5.91 Å². The normalized spacial score (nSPS) is 14.5. The molecule has 16 heavy (non-hydrogen) atoms. The number of nitrogens with two attached hydrogens (primary N) is 1. The van der Waals surface area contributed by atoms with E-state index in [-0.39, 0.29) is 17.9 Å². The lowest BCUT2D eigenvalue weighted by molar-refractivity contribution is -0.124. The van der Waals surface area contributed by atoms with Crippen molar-refractivity contribution in [3.8, 4) is 0 Å². The maximum Gasteiger partial charge on any atom is 0.224 e. The van der Waals surface area contributed by atoms with Crippen LogP contribution in [0.3, 0.4) is 0 Å². The van der Waals surface area contributed by atoms with Crippen molar-refractivity contribution >= 4 is 5.91 Å². The van der Waals surface area contributed by atoms with Crippen LogP contribution in [0.25, 0.3) is 0 Å². The molecule has 0 aliphatic heterocycles. The lowest BCUT2D eigenvalue weighted by Crippen LogP contribution is -2.39. The Hall–Kier alpha value is -1.36. The second kappa shape index (κ2) is 5.65. The van der Waals surface area contributed by atoms with Crippen molar-refractivity contribution in [2.75, 3.05) is 6.54 Å². The Morgan fingerprint density at radius 3 is 2.81 bits per heavy atom. The van der Waals surface area contributed by atoms with E-state index in [1.54, 1.807) is 10.9 Å². The molecule has 0 aromatic carbocycles. The Bertz CT molecular complexity index is 346. The molecule has 1 aromatic rings. The van der Waals surface area contributed by atoms with Crippen LogP contribution in [-0.2, 0) is 18.3 Å². The third-order valence-electron chi connectivity index (χ3n) is 2.67. The van der Waals surface area contributed by atoms with Gasteiger partial charge in [0.05, 0.1) is 6.20 Å². The SMILES string of the molecule is CC(N)C(C)C(=O)NCCc1cnn(C)c1. The van der Waals surface area contributed by atoms with Crippen molar-refractivity contribution in [2.45, 2.75) is 26.3 Å². The molecule has 0 aliphatic rings. The number of nitrogens with zero attached hydrogens (tertiary/aromatic N) is 2. The van der Waals surface area contributed by atoms with Crippen molar-refractivity contribution < 1.29 is 4.79 Å². The van der Waals surface area contributed by atoms with Gasteiger partial charge in [-0.25, -0.2) is 0 Å². The molecule has 0 bridgehead atoms. The fraction of sp³-hybridized carbons (Fsp3) is 0.636. The third kappa shape index (κ3) is 3.66. The topological polar surface area (TPSA) is 72.9 Å². The molecule has 90 valence electrons. The summed E-state index contributed by atoms with van der Waals surface area (Å²) in [6.07, 6.45) is 4.55. The maximum atomic E-state index is 11.6. The molecule has 0 spiro atoms. The highest BCUT2D eigenvalue weighted by Crippen LogP contribution is 2.00. The summed E-state index contributed by atoms with van der Waals surface area (Å²) >= 11 is 0. The summed E-state index contributed by atoms with van der Waals surface area (Å²) < 4.78 is 1.75. The highest BCUT2D eigenvalue weighted by atomic mass is 16.1. The molecule has 1 amide bonds. The van der Waals surface area contributed by atoms with Crippen molar-refractivity contribution in [2.24, 2.45) is 18.7 Å². The standard InChI is InChI=1S/C11H20N4O/c1-8(9(2)12)11(16)13-5-4-10-6-14-15(3)7-10/h6-9H,4-5,12H2,1-3H3,(H,13,16). The predicted octanol–water partition coefficient (Wildman–Crippen LogP) is 0.0621. The molecule has 5 nitrogen and oxygen atoms in total. The Kier molecular flexibility index (Phi) is 4.49. The van der Waals surface area contributed by atoms with Gasteiger partial charge in [0, 0.05) is 31.7 Å². The van der Waals surface area contributed by atoms with E-state index in [1.165, 1.54) is 0 Å². The Labute approximate surface area is 96.0 Å². The van der Waals surface area contributed by atoms with Crippen molar-refractivity contribution in [3.63, 3.8) is 0 Å². The van der Waals surface area contributed by atoms with Gasteiger partial charge in [-0.15, -0.1) is 0 Å². The zero-order valence-corrected chi connectivity index (χ0v) is 10.1. The molecule has 0 radical (unpaired) electrons. The lowest BCUT2D eigenvalue weighted by Gasteiger charge is -2.14. The summed E-state index contributed by atoms with van der Waals surface area (Å²) in [5.74, 6) is -0.132. The number of carbonyl (C=O) groups excluding carboxylic acids is 1. The van der Waals surface area contributed by atoms with Crippen molar-refractivity contribution in [1.82, 2.24) is 15.1 Å². The minimum atomic E-state index is -0.145. The largest absolute Gasteiger partial charge is 0.355 e. The van der Waals surface area contributed by atoms with E-state index in [4.69, 9.17) is 5.73 Å². The van der Waals surface area contributed by atoms with E-state index < -0.39 is 0 Å². The molecule has 0 saturated carbocycles. The Balaban J connectivity index is 2.28. The average molecular weight is 224 g/mol. The van der Waals surface area contributed by atoms with Crippen LogP contribution in [0.2, 0.25) is 0 Å². The third-order valence-corrected chi connectivity index (χ3v) is 2.67. The average Bonchev–Trinajstić information content (AvgIpc) is 2.62. The molecule has 0 saturated heterocycles. The van der Waals surface area contributed by atoms with E-state index in [9.17, 15) is 4.79 Å². The summed E-state index contributed by atoms with van der Waals surface area (Å²) in [4.78, 5) is 11.6. The van der Waals surface area contributed by atoms with E-state index in [0.717, 1.165) is 12.0 Å². The minimum Gasteiger partial charge on any atom is -0.355 e. The van der Waals surface area contributed by atoms with Crippen LogP contribution in [0.1, 0.15) is 19.4 Å². The molecule has 2 atom stereocenters. The number of hydrogen-bond acceptors (Lipinski definition) is 3. The molecule has 3 N–H and O–H groups in total. The number of aromatic nitrogens is 2. The molecule has 1 aromatic heterocycles. The van der Waals surface area contributed by atoms with Gasteiger partial charge >= 0.3 is 0 Å². The predicted molar refractivity (Wildman–Crippen MR) is 62.7 cm³/mol. The van der Waals surface area contributed by atoms with Crippen molar-refractivity contribution in [3.05, 3.63) is 18.0 Å². The zero-order valence-electron chi connectivity index (χ0n) is 10.1. The number of rotatable bonds is 5. The number of carbonyl (C=O) groups is 1. The van der Waals surface area contributed by atoms with Gasteiger partial charge in [0.25, 0.3) is 0 Å². The first-order valence-corrected chi connectivity index (χ1v) is 5.51. The minimum absolute atomic E-state index is 0.0129. The van der Waals surface area contributed by atoms with Crippen LogP contribution in [0, 0.1) is 5.92 Å². The van der Waals surface area contributed by atoms with Crippen LogP contribution in [0.4, 0.5) is 0 Å². The first kappa shape index (κ1) is 12.7. The molecule has 5 heteroatoms. The molecular formula is C11H20N4O. The number of amides is 1. The van der Waals surface area contributed by atoms with Crippen molar-refractivity contribution in [1.29, 1.82) is 0 Å². The van der Waals surface area contributed by atoms with Crippen LogP contribution in [0.15, 0.2) is 12.4 Å². The van der Waals surface area contributed by atoms with Gasteiger partial charge < -0.3 is 11.1 Å². The monoisotopic (exact) mass is 224 g/mol. The molecule has 2 unspecified atom stereocenters. The number of nitrogens with one attached hydrogen (secondary N) is 1. The zero-order chi connectivity index (χ0) is 12.1. The second-order valence-electron chi connectivity index (χ2n) is 4.21. The lowest BCUT2D eigenvalue weighted by atomic mass is 10.0. The molecular weight excluding hydrogens is 204 g/mol. The molecule has 0 fully saturated rings. The second-order valence-corrected chi connectivity index (χ2v) is 4.21. The van der Waals surface area contributed by atoms with E-state index in [0.29, 0.717) is 6.54 Å². The van der Waals surface area contributed by atoms with Gasteiger partial charge in [-0.1, -0.05) is 6.92 Å². The number of aryl methyl sites for hydroxylation is 1. The Morgan fingerprint density at radius 1 is 1.62 bits per heavy atom. The molecule has 1 rings (SSSR count). The summed E-state index contributed by atoms with van der Waals surface area (Å²) in [6, 6.07) is -0.113. The highest BCUT2D eigenvalue weighted by molar-refractivity contribution is 5.78. The van der Waals surface area contributed by atoms with Crippen LogP contribution >= 0.6 is 0 Å². The van der Waals surface area contributed by atoms with Gasteiger partial charge in [0.1, 0.15) is 0 Å². The fourth-order valence-electron chi connectivity index (χ4n) is 1.33. The van der Waals surface area contributed by atoms with Gasteiger partial charge in [0.15, 0.2) is 0 Å². The first-order chi connectivity index (χ1) is 7.50. The molecule has 1 heterocycles. The smallest absolute Gasteiger partial charge is 0.224 e. The van der Waals surface area contributed by atoms with E-state index in [1.807, 2.05) is 27.1 Å². The van der Waals surface area contributed by atoms with Crippen LogP contribution < -0.4 is 11.1 Å². The quantitative estimate of drug-likeness (QED) is 0.743. The first-order valence-electron chi connectivity index (χ1n) is 5.51. The highest BCUT2D eigenvalue weighted by Gasteiger charge is 2.15. The maximum absolute atomic E-state index is 11.6. The Morgan fingerprint density at radius 2 is 2.31 bits per heavy atom. The van der Waals surface area contributed by atoms with Gasteiger partial charge in [-0.05, 0) is 18.9 Å². The molecule has 0 aliphatic carbocycles. The van der Waals surface area contributed by atoms with E-state index >= 15 is 0 Å². The summed E-state index contributed by atoms with van der Waals surface area (Å²) in [7, 11) is 1.88. The summed E-state index contributed by atoms with van der Waals surface area (Å²) in [5, 5.41) is 6.93. The van der Waals surface area contributed by atoms with Gasteiger partial charge in [-0.3, -0.25) is 9.48 Å². The van der Waals surface area contributed by atoms with E-state index in [2.05, 4.69) is 10.4 Å². The van der Waals surface area contributed by atoms with Crippen LogP contribution in [0.5, 0.6) is 0 Å². The van der Waals surface area contributed by atoms with Crippen LogP contribution in [-0.4, -0.2) is 28.3 Å². The summed E-state index contributed by atoms with van der Waals surface area (Å²) in [6.45, 7) is 4.30. The summed E-state index contributed by atoms with van der Waals surface area (Å²) in [5.41, 5.74) is 6.77. The van der Waals surface area contributed by atoms with Gasteiger partial charge in [-0.2, -0.15) is 5.10 Å².